The van der Waals surface area contributed by atoms with Gasteiger partial charge in [-0.15, -0.1) is 0 Å². The molecule has 0 amide bonds. The molecule has 0 radical (unpaired) electrons. The van der Waals surface area contributed by atoms with Crippen molar-refractivity contribution in [2.45, 2.75) is 33.6 Å². The first-order chi connectivity index (χ1) is 8.94. The number of unbranched alkanes of at least 4 members (excludes halogenated alkanes) is 1. The molecular formula is C14H23NO3S. The molecule has 0 saturated heterocycles. The van der Waals surface area contributed by atoms with Crippen LogP contribution in [-0.2, 0) is 10.0 Å². The first-order valence-corrected chi connectivity index (χ1v) is 8.27. The maximum Gasteiger partial charge on any atom is 0.211 e. The Labute approximate surface area is 116 Å². The summed E-state index contributed by atoms with van der Waals surface area (Å²) in [5, 5.41) is 0. The summed E-state index contributed by atoms with van der Waals surface area (Å²) in [6, 6.07) is 5.94. The van der Waals surface area contributed by atoms with Crippen LogP contribution < -0.4 is 9.46 Å². The first kappa shape index (κ1) is 16.0. The molecule has 1 N–H and O–H groups in total. The fourth-order valence-electron chi connectivity index (χ4n) is 1.73. The Morgan fingerprint density at radius 2 is 2.00 bits per heavy atom. The third kappa shape index (κ3) is 6.07. The third-order valence-corrected chi connectivity index (χ3v) is 4.25. The molecular weight excluding hydrogens is 262 g/mol. The van der Waals surface area contributed by atoms with Gasteiger partial charge in [0.25, 0.3) is 0 Å². The van der Waals surface area contributed by atoms with E-state index in [0.29, 0.717) is 19.6 Å². The summed E-state index contributed by atoms with van der Waals surface area (Å²) >= 11 is 0. The van der Waals surface area contributed by atoms with E-state index in [-0.39, 0.29) is 5.75 Å². The molecule has 0 atom stereocenters. The fraction of sp³-hybridized carbons (Fsp3) is 0.571. The highest BCUT2D eigenvalue weighted by molar-refractivity contribution is 7.89. The molecule has 19 heavy (non-hydrogen) atoms. The fourth-order valence-corrected chi connectivity index (χ4v) is 2.93. The van der Waals surface area contributed by atoms with E-state index in [1.54, 1.807) is 0 Å². The summed E-state index contributed by atoms with van der Waals surface area (Å²) in [6.45, 7) is 6.62. The van der Waals surface area contributed by atoms with Gasteiger partial charge in [-0.2, -0.15) is 0 Å². The molecule has 0 fully saturated rings. The van der Waals surface area contributed by atoms with Crippen molar-refractivity contribution >= 4 is 10.0 Å². The standard InChI is InChI=1S/C14H23NO3S/c1-4-5-10-19(16,17)15-8-9-18-14-7-6-12(2)11-13(14)3/h6-7,11,15H,4-5,8-10H2,1-3H3. The van der Waals surface area contributed by atoms with Crippen LogP contribution in [0.25, 0.3) is 0 Å². The maximum absolute atomic E-state index is 11.5. The largest absolute Gasteiger partial charge is 0.492 e. The molecule has 0 spiro atoms. The highest BCUT2D eigenvalue weighted by Crippen LogP contribution is 2.18. The summed E-state index contributed by atoms with van der Waals surface area (Å²) in [4.78, 5) is 0. The van der Waals surface area contributed by atoms with Gasteiger partial charge >= 0.3 is 0 Å². The molecule has 0 aliphatic heterocycles. The second-order valence-electron chi connectivity index (χ2n) is 4.68. The monoisotopic (exact) mass is 285 g/mol. The van der Waals surface area contributed by atoms with Gasteiger partial charge in [0.15, 0.2) is 0 Å². The van der Waals surface area contributed by atoms with Crippen molar-refractivity contribution in [1.29, 1.82) is 0 Å². The highest BCUT2D eigenvalue weighted by atomic mass is 32.2. The van der Waals surface area contributed by atoms with Gasteiger partial charge in [-0.1, -0.05) is 31.0 Å². The van der Waals surface area contributed by atoms with Crippen LogP contribution in [0.5, 0.6) is 5.75 Å². The van der Waals surface area contributed by atoms with Crippen molar-refractivity contribution in [1.82, 2.24) is 4.72 Å². The van der Waals surface area contributed by atoms with Crippen LogP contribution in [0.2, 0.25) is 0 Å². The molecule has 1 aromatic carbocycles. The minimum atomic E-state index is -3.15. The van der Waals surface area contributed by atoms with E-state index in [2.05, 4.69) is 4.72 Å². The third-order valence-electron chi connectivity index (χ3n) is 2.78. The Balaban J connectivity index is 2.35. The smallest absolute Gasteiger partial charge is 0.211 e. The number of ether oxygens (including phenoxy) is 1. The summed E-state index contributed by atoms with van der Waals surface area (Å²) in [5.74, 6) is 0.992. The van der Waals surface area contributed by atoms with Gasteiger partial charge in [-0.25, -0.2) is 13.1 Å². The first-order valence-electron chi connectivity index (χ1n) is 6.62. The lowest BCUT2D eigenvalue weighted by molar-refractivity contribution is 0.320. The zero-order chi connectivity index (χ0) is 14.3. The van der Waals surface area contributed by atoms with Gasteiger partial charge in [0.1, 0.15) is 12.4 Å². The molecule has 5 heteroatoms. The molecule has 0 saturated carbocycles. The van der Waals surface area contributed by atoms with E-state index < -0.39 is 10.0 Å². The van der Waals surface area contributed by atoms with Gasteiger partial charge in [-0.3, -0.25) is 0 Å². The molecule has 0 bridgehead atoms. The molecule has 0 aromatic heterocycles. The molecule has 0 heterocycles. The molecule has 108 valence electrons. The van der Waals surface area contributed by atoms with E-state index in [0.717, 1.165) is 17.7 Å². The maximum atomic E-state index is 11.5. The lowest BCUT2D eigenvalue weighted by atomic mass is 10.1. The number of aryl methyl sites for hydroxylation is 2. The second kappa shape index (κ2) is 7.50. The number of benzene rings is 1. The van der Waals surface area contributed by atoms with E-state index in [9.17, 15) is 8.42 Å². The Morgan fingerprint density at radius 1 is 1.26 bits per heavy atom. The zero-order valence-electron chi connectivity index (χ0n) is 11.9. The number of rotatable bonds is 8. The Kier molecular flexibility index (Phi) is 6.31. The number of sulfonamides is 1. The quantitative estimate of drug-likeness (QED) is 0.746. The number of hydrogen-bond acceptors (Lipinski definition) is 3. The zero-order valence-corrected chi connectivity index (χ0v) is 12.7. The minimum absolute atomic E-state index is 0.188. The van der Waals surface area contributed by atoms with Crippen LogP contribution in [0.3, 0.4) is 0 Å². The molecule has 0 aliphatic rings. The van der Waals surface area contributed by atoms with E-state index in [4.69, 9.17) is 4.74 Å². The normalized spacial score (nSPS) is 11.5. The Morgan fingerprint density at radius 3 is 2.63 bits per heavy atom. The number of hydrogen-bond donors (Lipinski definition) is 1. The molecule has 0 unspecified atom stereocenters. The summed E-state index contributed by atoms with van der Waals surface area (Å²) in [6.07, 6.45) is 1.56. The Bertz CT molecular complexity index is 497. The van der Waals surface area contributed by atoms with Crippen LogP contribution in [0.1, 0.15) is 30.9 Å². The highest BCUT2D eigenvalue weighted by Gasteiger charge is 2.08. The van der Waals surface area contributed by atoms with Crippen LogP contribution >= 0.6 is 0 Å². The topological polar surface area (TPSA) is 55.4 Å². The van der Waals surface area contributed by atoms with Crippen molar-refractivity contribution in [2.75, 3.05) is 18.9 Å². The molecule has 1 rings (SSSR count). The van der Waals surface area contributed by atoms with Gasteiger partial charge in [0.2, 0.25) is 10.0 Å². The van der Waals surface area contributed by atoms with E-state index in [1.165, 1.54) is 5.56 Å². The SMILES string of the molecule is CCCCS(=O)(=O)NCCOc1ccc(C)cc1C. The van der Waals surface area contributed by atoms with Gasteiger partial charge in [0, 0.05) is 6.54 Å². The molecule has 4 nitrogen and oxygen atoms in total. The van der Waals surface area contributed by atoms with Crippen molar-refractivity contribution in [3.8, 4) is 5.75 Å². The lowest BCUT2D eigenvalue weighted by Crippen LogP contribution is -2.30. The predicted molar refractivity (Wildman–Crippen MR) is 78.1 cm³/mol. The number of nitrogens with one attached hydrogen (secondary N) is 1. The summed E-state index contributed by atoms with van der Waals surface area (Å²) < 4.78 is 31.2. The van der Waals surface area contributed by atoms with Crippen molar-refractivity contribution in [3.63, 3.8) is 0 Å². The second-order valence-corrected chi connectivity index (χ2v) is 6.61. The average Bonchev–Trinajstić information content (AvgIpc) is 2.34. The minimum Gasteiger partial charge on any atom is -0.492 e. The Hall–Kier alpha value is -1.07. The van der Waals surface area contributed by atoms with E-state index >= 15 is 0 Å². The molecule has 0 aliphatic carbocycles. The van der Waals surface area contributed by atoms with Gasteiger partial charge in [0.05, 0.1) is 5.75 Å². The van der Waals surface area contributed by atoms with Gasteiger partial charge < -0.3 is 4.74 Å². The average molecular weight is 285 g/mol. The molecule has 1 aromatic rings. The summed E-state index contributed by atoms with van der Waals surface area (Å²) in [5.41, 5.74) is 2.25. The van der Waals surface area contributed by atoms with E-state index in [1.807, 2.05) is 39.0 Å². The summed E-state index contributed by atoms with van der Waals surface area (Å²) in [7, 11) is -3.15. The van der Waals surface area contributed by atoms with Crippen molar-refractivity contribution in [3.05, 3.63) is 29.3 Å². The van der Waals surface area contributed by atoms with Crippen molar-refractivity contribution in [2.24, 2.45) is 0 Å². The van der Waals surface area contributed by atoms with Crippen LogP contribution in [0.15, 0.2) is 18.2 Å². The lowest BCUT2D eigenvalue weighted by Gasteiger charge is -2.10. The van der Waals surface area contributed by atoms with Crippen LogP contribution in [-0.4, -0.2) is 27.3 Å². The van der Waals surface area contributed by atoms with Crippen LogP contribution in [0, 0.1) is 13.8 Å². The van der Waals surface area contributed by atoms with Crippen LogP contribution in [0.4, 0.5) is 0 Å². The van der Waals surface area contributed by atoms with Gasteiger partial charge in [-0.05, 0) is 31.9 Å². The predicted octanol–water partition coefficient (Wildman–Crippen LogP) is 2.40. The van der Waals surface area contributed by atoms with Crippen molar-refractivity contribution < 1.29 is 13.2 Å².